The minimum absolute atomic E-state index is 0.378. The Morgan fingerprint density at radius 1 is 1.09 bits per heavy atom. The van der Waals surface area contributed by atoms with Gasteiger partial charge in [-0.15, -0.1) is 0 Å². The highest BCUT2D eigenvalue weighted by atomic mass is 35.5. The largest absolute Gasteiger partial charge is 0.478 e. The number of carbonyl (C=O) groups is 2. The van der Waals surface area contributed by atoms with Crippen LogP contribution in [0, 0.1) is 6.92 Å². The second-order valence-corrected chi connectivity index (χ2v) is 5.01. The van der Waals surface area contributed by atoms with Crippen molar-refractivity contribution in [3.05, 3.63) is 70.8 Å². The Bertz CT molecular complexity index is 733. The van der Waals surface area contributed by atoms with Crippen LogP contribution in [0.2, 0.25) is 5.02 Å². The zero-order valence-corrected chi connectivity index (χ0v) is 12.5. The van der Waals surface area contributed by atoms with Crippen molar-refractivity contribution in [1.29, 1.82) is 0 Å². The molecule has 0 spiro atoms. The molecule has 0 aliphatic rings. The van der Waals surface area contributed by atoms with Gasteiger partial charge in [-0.1, -0.05) is 11.6 Å². The maximum atomic E-state index is 11.7. The van der Waals surface area contributed by atoms with Crippen LogP contribution in [0.3, 0.4) is 0 Å². The van der Waals surface area contributed by atoms with Gasteiger partial charge in [0.15, 0.2) is 5.78 Å². The fourth-order valence-electron chi connectivity index (χ4n) is 1.78. The quantitative estimate of drug-likeness (QED) is 0.661. The molecular weight excluding hydrogens is 304 g/mol. The summed E-state index contributed by atoms with van der Waals surface area (Å²) in [7, 11) is 0. The molecule has 22 heavy (non-hydrogen) atoms. The summed E-state index contributed by atoms with van der Waals surface area (Å²) in [5.74, 6) is -0.290. The van der Waals surface area contributed by atoms with Gasteiger partial charge in [-0.3, -0.25) is 4.79 Å². The SMILES string of the molecule is Cc1cc(Cl)ccc1Oc1ccc(C(=O)/C=C/C(=O)O)cc1. The minimum atomic E-state index is -1.16. The fraction of sp³-hybridized carbons (Fsp3) is 0.0588. The maximum Gasteiger partial charge on any atom is 0.328 e. The molecule has 5 heteroatoms. The summed E-state index contributed by atoms with van der Waals surface area (Å²) in [6, 6.07) is 11.8. The van der Waals surface area contributed by atoms with Gasteiger partial charge in [0.2, 0.25) is 0 Å². The highest BCUT2D eigenvalue weighted by Gasteiger charge is 2.05. The molecule has 0 radical (unpaired) electrons. The number of hydrogen-bond donors (Lipinski definition) is 1. The third kappa shape index (κ3) is 4.20. The van der Waals surface area contributed by atoms with Gasteiger partial charge in [0, 0.05) is 16.7 Å². The van der Waals surface area contributed by atoms with Gasteiger partial charge >= 0.3 is 5.97 Å². The molecule has 4 nitrogen and oxygen atoms in total. The number of carboxylic acid groups (broad SMARTS) is 1. The summed E-state index contributed by atoms with van der Waals surface area (Å²) in [4.78, 5) is 22.1. The molecule has 0 heterocycles. The fourth-order valence-corrected chi connectivity index (χ4v) is 2.01. The van der Waals surface area contributed by atoms with Crippen LogP contribution in [0.1, 0.15) is 15.9 Å². The van der Waals surface area contributed by atoms with Gasteiger partial charge in [-0.05, 0) is 61.0 Å². The molecule has 0 bridgehead atoms. The second-order valence-electron chi connectivity index (χ2n) is 4.57. The lowest BCUT2D eigenvalue weighted by Gasteiger charge is -2.09. The van der Waals surface area contributed by atoms with E-state index in [-0.39, 0.29) is 5.78 Å². The summed E-state index contributed by atoms with van der Waals surface area (Å²) in [6.07, 6.45) is 1.82. The van der Waals surface area contributed by atoms with E-state index in [1.807, 2.05) is 6.92 Å². The Morgan fingerprint density at radius 2 is 1.77 bits per heavy atom. The third-order valence-corrected chi connectivity index (χ3v) is 3.12. The number of ether oxygens (including phenoxy) is 1. The van der Waals surface area contributed by atoms with E-state index < -0.39 is 5.97 Å². The van der Waals surface area contributed by atoms with Crippen molar-refractivity contribution in [2.45, 2.75) is 6.92 Å². The standard InChI is InChI=1S/C17H13ClO4/c1-11-10-13(18)4-8-16(11)22-14-5-2-12(3-6-14)15(19)7-9-17(20)21/h2-10H,1H3,(H,20,21)/b9-7+. The number of ketones is 1. The van der Waals surface area contributed by atoms with Crippen molar-refractivity contribution in [3.63, 3.8) is 0 Å². The molecule has 0 aliphatic heterocycles. The number of halogens is 1. The Hall–Kier alpha value is -2.59. The molecular formula is C17H13ClO4. The van der Waals surface area contributed by atoms with E-state index >= 15 is 0 Å². The number of allylic oxidation sites excluding steroid dienone is 1. The predicted molar refractivity (Wildman–Crippen MR) is 83.8 cm³/mol. The minimum Gasteiger partial charge on any atom is -0.478 e. The Balaban J connectivity index is 2.12. The van der Waals surface area contributed by atoms with Gasteiger partial charge in [-0.25, -0.2) is 4.79 Å². The first kappa shape index (κ1) is 15.8. The lowest BCUT2D eigenvalue weighted by molar-refractivity contribution is -0.131. The highest BCUT2D eigenvalue weighted by Crippen LogP contribution is 2.27. The third-order valence-electron chi connectivity index (χ3n) is 2.88. The monoisotopic (exact) mass is 316 g/mol. The van der Waals surface area contributed by atoms with Crippen LogP contribution in [-0.4, -0.2) is 16.9 Å². The van der Waals surface area contributed by atoms with Crippen LogP contribution in [0.15, 0.2) is 54.6 Å². The van der Waals surface area contributed by atoms with Crippen molar-refractivity contribution < 1.29 is 19.4 Å². The van der Waals surface area contributed by atoms with E-state index in [0.29, 0.717) is 22.1 Å². The van der Waals surface area contributed by atoms with Crippen LogP contribution in [0.5, 0.6) is 11.5 Å². The van der Waals surface area contributed by atoms with Crippen LogP contribution in [0.25, 0.3) is 0 Å². The van der Waals surface area contributed by atoms with Gasteiger partial charge in [0.1, 0.15) is 11.5 Å². The molecule has 0 saturated heterocycles. The summed E-state index contributed by atoms with van der Waals surface area (Å²) < 4.78 is 5.71. The number of carbonyl (C=O) groups excluding carboxylic acids is 1. The maximum absolute atomic E-state index is 11.7. The number of benzene rings is 2. The first-order valence-electron chi connectivity index (χ1n) is 6.45. The normalized spacial score (nSPS) is 10.6. The zero-order chi connectivity index (χ0) is 16.1. The lowest BCUT2D eigenvalue weighted by atomic mass is 10.1. The number of aliphatic carboxylic acids is 1. The number of aryl methyl sites for hydroxylation is 1. The van der Waals surface area contributed by atoms with Crippen LogP contribution in [0.4, 0.5) is 0 Å². The Labute approximate surface area is 132 Å². The molecule has 2 rings (SSSR count). The molecule has 112 valence electrons. The first-order chi connectivity index (χ1) is 10.5. The van der Waals surface area contributed by atoms with Crippen molar-refractivity contribution in [1.82, 2.24) is 0 Å². The summed E-state index contributed by atoms with van der Waals surface area (Å²) >= 11 is 5.89. The number of carboxylic acids is 1. The first-order valence-corrected chi connectivity index (χ1v) is 6.83. The van der Waals surface area contributed by atoms with Crippen LogP contribution < -0.4 is 4.74 Å². The topological polar surface area (TPSA) is 63.6 Å². The van der Waals surface area contributed by atoms with E-state index in [4.69, 9.17) is 21.4 Å². The van der Waals surface area contributed by atoms with E-state index in [9.17, 15) is 9.59 Å². The number of hydrogen-bond acceptors (Lipinski definition) is 3. The van der Waals surface area contributed by atoms with Gasteiger partial charge in [-0.2, -0.15) is 0 Å². The summed E-state index contributed by atoms with van der Waals surface area (Å²) in [5, 5.41) is 9.13. The molecule has 2 aromatic rings. The molecule has 0 aromatic heterocycles. The average Bonchev–Trinajstić information content (AvgIpc) is 2.48. The van der Waals surface area contributed by atoms with Crippen LogP contribution in [-0.2, 0) is 4.79 Å². The van der Waals surface area contributed by atoms with Crippen molar-refractivity contribution >= 4 is 23.4 Å². The lowest BCUT2D eigenvalue weighted by Crippen LogP contribution is -1.96. The molecule has 0 atom stereocenters. The molecule has 1 N–H and O–H groups in total. The van der Waals surface area contributed by atoms with E-state index in [0.717, 1.165) is 17.7 Å². The van der Waals surface area contributed by atoms with E-state index in [1.54, 1.807) is 42.5 Å². The predicted octanol–water partition coefficient (Wildman–Crippen LogP) is 4.26. The molecule has 0 fully saturated rings. The van der Waals surface area contributed by atoms with E-state index in [1.165, 1.54) is 0 Å². The van der Waals surface area contributed by atoms with Crippen molar-refractivity contribution in [2.24, 2.45) is 0 Å². The smallest absolute Gasteiger partial charge is 0.328 e. The average molecular weight is 317 g/mol. The van der Waals surface area contributed by atoms with Crippen molar-refractivity contribution in [3.8, 4) is 11.5 Å². The number of rotatable bonds is 5. The molecule has 0 saturated carbocycles. The van der Waals surface area contributed by atoms with Gasteiger partial charge < -0.3 is 9.84 Å². The van der Waals surface area contributed by atoms with Crippen LogP contribution >= 0.6 is 11.6 Å². The van der Waals surface area contributed by atoms with Crippen molar-refractivity contribution in [2.75, 3.05) is 0 Å². The molecule has 0 unspecified atom stereocenters. The van der Waals surface area contributed by atoms with Gasteiger partial charge in [0.05, 0.1) is 0 Å². The summed E-state index contributed by atoms with van der Waals surface area (Å²) in [5.41, 5.74) is 1.29. The molecule has 0 amide bonds. The molecule has 0 aliphatic carbocycles. The Kier molecular flexibility index (Phi) is 4.96. The summed E-state index contributed by atoms with van der Waals surface area (Å²) in [6.45, 7) is 1.88. The highest BCUT2D eigenvalue weighted by molar-refractivity contribution is 6.30. The zero-order valence-electron chi connectivity index (χ0n) is 11.7. The second kappa shape index (κ2) is 6.91. The Morgan fingerprint density at radius 3 is 2.36 bits per heavy atom. The van der Waals surface area contributed by atoms with Gasteiger partial charge in [0.25, 0.3) is 0 Å². The molecule has 2 aromatic carbocycles. The van der Waals surface area contributed by atoms with E-state index in [2.05, 4.69) is 0 Å².